The highest BCUT2D eigenvalue weighted by molar-refractivity contribution is 8.00. The van der Waals surface area contributed by atoms with E-state index in [1.54, 1.807) is 24.3 Å². The Hall–Kier alpha value is -1.75. The molecule has 1 aromatic carbocycles. The summed E-state index contributed by atoms with van der Waals surface area (Å²) in [5.41, 5.74) is 0.714. The third-order valence-electron chi connectivity index (χ3n) is 2.39. The first-order valence-corrected chi connectivity index (χ1v) is 6.48. The highest BCUT2D eigenvalue weighted by atomic mass is 32.2. The smallest absolute Gasteiger partial charge is 0.256 e. The highest BCUT2D eigenvalue weighted by Crippen LogP contribution is 2.27. The average Bonchev–Trinajstić information content (AvgIpc) is 2.22. The molecule has 2 N–H and O–H groups in total. The number of sulfone groups is 1. The van der Waals surface area contributed by atoms with Crippen molar-refractivity contribution in [3.8, 4) is 0 Å². The molecule has 0 spiro atoms. The van der Waals surface area contributed by atoms with Crippen molar-refractivity contribution in [2.75, 3.05) is 6.26 Å². The second kappa shape index (κ2) is 3.38. The Morgan fingerprint density at radius 3 is 2.25 bits per heavy atom. The third kappa shape index (κ3) is 1.59. The molecule has 0 radical (unpaired) electrons. The first kappa shape index (κ1) is 10.8. The molecule has 2 rings (SSSR count). The van der Waals surface area contributed by atoms with Gasteiger partial charge in [0.05, 0.1) is 4.91 Å². The molecule has 0 aliphatic heterocycles. The number of allylic oxidation sites excluding steroid dienone is 1. The van der Waals surface area contributed by atoms with E-state index in [0.29, 0.717) is 11.1 Å². The first-order valence-electron chi connectivity index (χ1n) is 4.59. The fraction of sp³-hybridized carbons (Fsp3) is 0.0909. The van der Waals surface area contributed by atoms with Gasteiger partial charge in [-0.3, -0.25) is 10.2 Å². The van der Waals surface area contributed by atoms with Crippen LogP contribution in [-0.4, -0.2) is 26.2 Å². The Morgan fingerprint density at radius 2 is 1.69 bits per heavy atom. The van der Waals surface area contributed by atoms with Crippen molar-refractivity contribution in [3.63, 3.8) is 0 Å². The minimum absolute atomic E-state index is 0.0425. The number of carbonyl (C=O) groups excluding carboxylic acids is 1. The van der Waals surface area contributed by atoms with Gasteiger partial charge in [-0.05, 0) is 0 Å². The van der Waals surface area contributed by atoms with Crippen LogP contribution in [0.4, 0.5) is 0 Å². The van der Waals surface area contributed by atoms with Crippen molar-refractivity contribution in [1.82, 2.24) is 0 Å². The van der Waals surface area contributed by atoms with Crippen LogP contribution >= 0.6 is 0 Å². The number of benzene rings is 1. The van der Waals surface area contributed by atoms with Gasteiger partial charge in [0.15, 0.2) is 9.84 Å². The molecule has 0 heterocycles. The van der Waals surface area contributed by atoms with Crippen molar-refractivity contribution in [2.24, 2.45) is 0 Å². The second-order valence-electron chi connectivity index (χ2n) is 3.61. The molecule has 0 saturated heterocycles. The molecule has 16 heavy (non-hydrogen) atoms. The highest BCUT2D eigenvalue weighted by Gasteiger charge is 2.30. The van der Waals surface area contributed by atoms with Gasteiger partial charge in [0.25, 0.3) is 5.78 Å². The number of ketones is 1. The number of hydrogen-bond acceptors (Lipinski definition) is 3. The molecule has 0 unspecified atom stereocenters. The fourth-order valence-corrected chi connectivity index (χ4v) is 2.56. The number of Topliss-reactive ketones (excluding diaryl/α,β-unsaturated/α-hetero) is 1. The molecule has 0 bridgehead atoms. The van der Waals surface area contributed by atoms with Gasteiger partial charge in [0.2, 0.25) is 5.71 Å². The van der Waals surface area contributed by atoms with E-state index in [1.165, 1.54) is 6.08 Å². The normalized spacial score (nSPS) is 15.7. The lowest BCUT2D eigenvalue weighted by molar-refractivity contribution is -0.110. The van der Waals surface area contributed by atoms with Crippen LogP contribution in [0.3, 0.4) is 0 Å². The Balaban J connectivity index is 2.80. The van der Waals surface area contributed by atoms with E-state index < -0.39 is 9.84 Å². The number of carbonyl (C=O) groups is 1. The molecule has 0 saturated carbocycles. The van der Waals surface area contributed by atoms with Crippen LogP contribution < -0.4 is 5.41 Å². The van der Waals surface area contributed by atoms with Crippen molar-refractivity contribution in [2.45, 2.75) is 0 Å². The summed E-state index contributed by atoms with van der Waals surface area (Å²) in [6.07, 6.45) is 2.32. The molecule has 0 atom stereocenters. The summed E-state index contributed by atoms with van der Waals surface area (Å²) in [5.74, 6) is -0.331. The lowest BCUT2D eigenvalue weighted by Gasteiger charge is -2.13. The second-order valence-corrected chi connectivity index (χ2v) is 5.59. The molecule has 82 valence electrons. The third-order valence-corrected chi connectivity index (χ3v) is 3.52. The zero-order chi connectivity index (χ0) is 11.9. The van der Waals surface area contributed by atoms with Gasteiger partial charge in [-0.1, -0.05) is 24.3 Å². The average molecular weight is 236 g/mol. The number of rotatable bonds is 1. The molecular weight excluding hydrogens is 226 g/mol. The molecule has 4 nitrogen and oxygen atoms in total. The van der Waals surface area contributed by atoms with Gasteiger partial charge >= 0.3 is 0 Å². The van der Waals surface area contributed by atoms with Crippen molar-refractivity contribution < 1.29 is 18.6 Å². The summed E-state index contributed by atoms with van der Waals surface area (Å²) < 4.78 is 23.1. The predicted molar refractivity (Wildman–Crippen MR) is 60.5 cm³/mol. The van der Waals surface area contributed by atoms with Crippen molar-refractivity contribution in [3.05, 3.63) is 41.5 Å². The SMILES string of the molecule is CS(=O)(=O)C1=CC(=[NH2+])C(=O)c2ccccc21. The van der Waals surface area contributed by atoms with Crippen molar-refractivity contribution in [1.29, 1.82) is 0 Å². The van der Waals surface area contributed by atoms with Gasteiger partial charge in [-0.15, -0.1) is 0 Å². The lowest BCUT2D eigenvalue weighted by Crippen LogP contribution is -2.45. The van der Waals surface area contributed by atoms with Crippen LogP contribution in [0.15, 0.2) is 30.3 Å². The summed E-state index contributed by atoms with van der Waals surface area (Å²) in [7, 11) is -3.39. The van der Waals surface area contributed by atoms with Gasteiger partial charge in [0, 0.05) is 23.5 Å². The maximum atomic E-state index is 11.7. The minimum atomic E-state index is -3.39. The Kier molecular flexibility index (Phi) is 2.27. The van der Waals surface area contributed by atoms with Crippen LogP contribution in [0, 0.1) is 0 Å². The molecule has 0 fully saturated rings. The minimum Gasteiger partial charge on any atom is -0.282 e. The fourth-order valence-electron chi connectivity index (χ4n) is 1.64. The predicted octanol–water partition coefficient (Wildman–Crippen LogP) is -0.531. The molecule has 0 amide bonds. The van der Waals surface area contributed by atoms with Gasteiger partial charge < -0.3 is 0 Å². The topological polar surface area (TPSA) is 76.8 Å². The summed E-state index contributed by atoms with van der Waals surface area (Å²) in [4.78, 5) is 11.8. The van der Waals surface area contributed by atoms with Gasteiger partial charge in [-0.2, -0.15) is 0 Å². The van der Waals surface area contributed by atoms with E-state index in [2.05, 4.69) is 0 Å². The monoisotopic (exact) mass is 236 g/mol. The van der Waals surface area contributed by atoms with E-state index in [4.69, 9.17) is 5.41 Å². The summed E-state index contributed by atoms with van der Waals surface area (Å²) in [5, 5.41) is 5.51. The quantitative estimate of drug-likeness (QED) is 0.712. The summed E-state index contributed by atoms with van der Waals surface area (Å²) in [6, 6.07) is 6.54. The van der Waals surface area contributed by atoms with E-state index >= 15 is 0 Å². The van der Waals surface area contributed by atoms with Crippen LogP contribution in [0.2, 0.25) is 0 Å². The molecule has 1 aliphatic carbocycles. The van der Waals surface area contributed by atoms with Crippen LogP contribution in [0.5, 0.6) is 0 Å². The molecule has 1 aliphatic rings. The Morgan fingerprint density at radius 1 is 1.12 bits per heavy atom. The first-order chi connectivity index (χ1) is 7.41. The molecular formula is C11H10NO3S+. The number of fused-ring (bicyclic) bond motifs is 1. The van der Waals surface area contributed by atoms with Gasteiger partial charge in [0.1, 0.15) is 0 Å². The number of hydrogen-bond donors (Lipinski definition) is 1. The zero-order valence-electron chi connectivity index (χ0n) is 8.60. The van der Waals surface area contributed by atoms with Crippen molar-refractivity contribution >= 4 is 26.2 Å². The van der Waals surface area contributed by atoms with E-state index in [9.17, 15) is 13.2 Å². The molecule has 5 heteroatoms. The zero-order valence-corrected chi connectivity index (χ0v) is 9.41. The van der Waals surface area contributed by atoms with E-state index in [-0.39, 0.29) is 16.4 Å². The Bertz CT molecular complexity index is 626. The lowest BCUT2D eigenvalue weighted by atomic mass is 9.95. The standard InChI is InChI=1S/C11H9NO3S/c1-16(14,15)10-6-9(12)11(13)8-5-3-2-4-7(8)10/h2-6,12H,1H3/p+1. The largest absolute Gasteiger partial charge is 0.282 e. The van der Waals surface area contributed by atoms with E-state index in [1.807, 2.05) is 0 Å². The van der Waals surface area contributed by atoms with Crippen LogP contribution in [0.1, 0.15) is 15.9 Å². The van der Waals surface area contributed by atoms with E-state index in [0.717, 1.165) is 6.26 Å². The Labute approximate surface area is 93.0 Å². The van der Waals surface area contributed by atoms with Crippen LogP contribution in [0.25, 0.3) is 4.91 Å². The maximum absolute atomic E-state index is 11.7. The van der Waals surface area contributed by atoms with Crippen LogP contribution in [-0.2, 0) is 9.84 Å². The van der Waals surface area contributed by atoms with Gasteiger partial charge in [-0.25, -0.2) is 8.42 Å². The maximum Gasteiger partial charge on any atom is 0.256 e. The molecule has 0 aromatic heterocycles. The summed E-state index contributed by atoms with van der Waals surface area (Å²) >= 11 is 0. The number of nitrogens with two attached hydrogens (primary N) is 1. The molecule has 1 aromatic rings. The summed E-state index contributed by atoms with van der Waals surface area (Å²) in [6.45, 7) is 0.